The van der Waals surface area contributed by atoms with Crippen molar-refractivity contribution in [2.45, 2.75) is 83.1 Å². The number of thioether (sulfide) groups is 1. The monoisotopic (exact) mass is 710 g/mol. The summed E-state index contributed by atoms with van der Waals surface area (Å²) in [5, 5.41) is 0.573. The lowest BCUT2D eigenvalue weighted by Crippen LogP contribution is -2.47. The van der Waals surface area contributed by atoms with Gasteiger partial charge in [0, 0.05) is 51.0 Å². The molecule has 0 saturated heterocycles. The summed E-state index contributed by atoms with van der Waals surface area (Å²) in [5.41, 5.74) is 8.10. The van der Waals surface area contributed by atoms with Gasteiger partial charge in [0.25, 0.3) is 0 Å². The van der Waals surface area contributed by atoms with Crippen molar-refractivity contribution in [2.75, 3.05) is 38.0 Å². The van der Waals surface area contributed by atoms with Gasteiger partial charge in [-0.15, -0.1) is 23.1 Å². The lowest BCUT2D eigenvalue weighted by molar-refractivity contribution is 0.727. The van der Waals surface area contributed by atoms with Crippen molar-refractivity contribution in [3.8, 4) is 11.8 Å². The molecule has 0 radical (unpaired) electrons. The van der Waals surface area contributed by atoms with E-state index in [1.807, 2.05) is 23.1 Å². The summed E-state index contributed by atoms with van der Waals surface area (Å²) in [6.07, 6.45) is 2.53. The Bertz CT molecular complexity index is 1750. The van der Waals surface area contributed by atoms with E-state index in [2.05, 4.69) is 185 Å². The molecule has 0 spiro atoms. The highest BCUT2D eigenvalue weighted by atomic mass is 32.2. The summed E-state index contributed by atoms with van der Waals surface area (Å²) in [4.78, 5) is 5.41. The third kappa shape index (κ3) is 7.70. The van der Waals surface area contributed by atoms with Crippen molar-refractivity contribution < 1.29 is 0 Å². The van der Waals surface area contributed by atoms with E-state index in [-0.39, 0.29) is 21.2 Å². The van der Waals surface area contributed by atoms with Gasteiger partial charge in [0.2, 0.25) is 0 Å². The first kappa shape index (κ1) is 38.1. The molecule has 1 aliphatic rings. The number of anilines is 2. The molecule has 1 aliphatic heterocycles. The average Bonchev–Trinajstić information content (AvgIpc) is 3.64. The van der Waals surface area contributed by atoms with E-state index in [0.29, 0.717) is 0 Å². The molecular weight excluding hydrogens is 653 g/mol. The van der Waals surface area contributed by atoms with E-state index in [1.165, 1.54) is 27.0 Å². The maximum absolute atomic E-state index is 4.70. The molecule has 2 unspecified atom stereocenters. The van der Waals surface area contributed by atoms with Crippen molar-refractivity contribution in [1.29, 1.82) is 0 Å². The van der Waals surface area contributed by atoms with Crippen molar-refractivity contribution in [1.82, 2.24) is 0 Å². The SMILES string of the molecule is C=C(c1ccc(N(C)C)cc1)c1cc([Si](C)(C)C(C)(C)C)sc1C#CC1SC([Si](C)(C)C(C)(C)C)=CC1C(=C)c1ccc(N(C)C)cc1. The van der Waals surface area contributed by atoms with Crippen LogP contribution in [0.15, 0.2) is 78.4 Å². The smallest absolute Gasteiger partial charge is 0.0988 e. The summed E-state index contributed by atoms with van der Waals surface area (Å²) in [5.74, 6) is 7.79. The Balaban J connectivity index is 1.81. The Morgan fingerprint density at radius 3 is 1.67 bits per heavy atom. The predicted octanol–water partition coefficient (Wildman–Crippen LogP) is 11.4. The van der Waals surface area contributed by atoms with Crippen LogP contribution in [0.3, 0.4) is 0 Å². The zero-order valence-electron chi connectivity index (χ0n) is 32.1. The Morgan fingerprint density at radius 1 is 0.729 bits per heavy atom. The first-order valence-electron chi connectivity index (χ1n) is 17.0. The first-order chi connectivity index (χ1) is 22.1. The summed E-state index contributed by atoms with van der Waals surface area (Å²) < 4.78 is 3.03. The van der Waals surface area contributed by atoms with Gasteiger partial charge in [-0.05, 0) is 71.7 Å². The largest absolute Gasteiger partial charge is 0.378 e. The number of thiophene rings is 1. The highest BCUT2D eigenvalue weighted by Crippen LogP contribution is 2.52. The molecule has 3 aromatic rings. The van der Waals surface area contributed by atoms with Crippen molar-refractivity contribution in [3.05, 3.63) is 99.9 Å². The summed E-state index contributed by atoms with van der Waals surface area (Å²) in [6, 6.07) is 20.0. The van der Waals surface area contributed by atoms with Gasteiger partial charge in [0.15, 0.2) is 0 Å². The number of nitrogens with zero attached hydrogens (tertiary/aromatic N) is 2. The fraction of sp³-hybridized carbons (Fsp3) is 0.429. The topological polar surface area (TPSA) is 6.48 Å². The fourth-order valence-electron chi connectivity index (χ4n) is 5.43. The quantitative estimate of drug-likeness (QED) is 0.170. The zero-order valence-corrected chi connectivity index (χ0v) is 35.7. The lowest BCUT2D eigenvalue weighted by Gasteiger charge is -2.37. The second kappa shape index (κ2) is 13.9. The van der Waals surface area contributed by atoms with E-state index in [4.69, 9.17) is 6.58 Å². The number of hydrogen-bond acceptors (Lipinski definition) is 4. The molecular formula is C42H58N2S2Si2. The average molecular weight is 711 g/mol. The molecule has 2 aromatic carbocycles. The first-order valence-corrected chi connectivity index (χ1v) is 24.7. The highest BCUT2D eigenvalue weighted by molar-refractivity contribution is 8.06. The van der Waals surface area contributed by atoms with Crippen LogP contribution in [0.1, 0.15) is 63.1 Å². The number of hydrogen-bond donors (Lipinski definition) is 0. The maximum Gasteiger partial charge on any atom is 0.0988 e. The Kier molecular flexibility index (Phi) is 11.0. The molecule has 0 bridgehead atoms. The molecule has 1 aromatic heterocycles. The van der Waals surface area contributed by atoms with Crippen LogP contribution in [0.4, 0.5) is 11.4 Å². The second-order valence-corrected chi connectivity index (χ2v) is 30.4. The minimum absolute atomic E-state index is 0.106. The van der Waals surface area contributed by atoms with Crippen LogP contribution in [-0.4, -0.2) is 49.6 Å². The third-order valence-electron chi connectivity index (χ3n) is 11.2. The molecule has 48 heavy (non-hydrogen) atoms. The van der Waals surface area contributed by atoms with Crippen molar-refractivity contribution >= 4 is 66.3 Å². The summed E-state index contributed by atoms with van der Waals surface area (Å²) in [7, 11) is 4.77. The third-order valence-corrected chi connectivity index (χ3v) is 27.1. The summed E-state index contributed by atoms with van der Waals surface area (Å²) >= 11 is 3.90. The Hall–Kier alpha value is -2.70. The van der Waals surface area contributed by atoms with Crippen LogP contribution < -0.4 is 14.3 Å². The van der Waals surface area contributed by atoms with Crippen molar-refractivity contribution in [3.63, 3.8) is 0 Å². The normalized spacial score (nSPS) is 17.0. The molecule has 2 nitrogen and oxygen atoms in total. The van der Waals surface area contributed by atoms with Crippen molar-refractivity contribution in [2.24, 2.45) is 5.92 Å². The van der Waals surface area contributed by atoms with E-state index >= 15 is 0 Å². The number of benzene rings is 2. The number of allylic oxidation sites excluding steroid dienone is 2. The zero-order chi connectivity index (χ0) is 36.0. The standard InChI is InChI=1S/C42H58N2S2Si2/c1-29(31-17-21-33(22-18-31)43(9)10)35-27-39(47(13,14)41(3,4)5)45-37(35)25-26-38-36(28-40(46-38)48(15,16)42(6,7)8)30(2)32-19-23-34(24-20-32)44(11)12/h17-24,27-28,35,37H,1-2H2,3-16H3. The second-order valence-electron chi connectivity index (χ2n) is 16.9. The molecule has 0 amide bonds. The molecule has 2 heterocycles. The molecule has 6 heteroatoms. The van der Waals surface area contributed by atoms with Gasteiger partial charge in [-0.2, -0.15) is 0 Å². The van der Waals surface area contributed by atoms with Gasteiger partial charge < -0.3 is 9.80 Å². The number of rotatable bonds is 8. The van der Waals surface area contributed by atoms with Gasteiger partial charge in [0.1, 0.15) is 0 Å². The molecule has 0 fully saturated rings. The van der Waals surface area contributed by atoms with Crippen LogP contribution in [0, 0.1) is 17.8 Å². The van der Waals surface area contributed by atoms with Gasteiger partial charge in [-0.25, -0.2) is 0 Å². The van der Waals surface area contributed by atoms with Gasteiger partial charge in [0.05, 0.1) is 26.3 Å². The van der Waals surface area contributed by atoms with Gasteiger partial charge >= 0.3 is 0 Å². The predicted molar refractivity (Wildman–Crippen MR) is 227 cm³/mol. The van der Waals surface area contributed by atoms with Crippen LogP contribution in [-0.2, 0) is 0 Å². The maximum atomic E-state index is 4.70. The van der Waals surface area contributed by atoms with Crippen LogP contribution in [0.2, 0.25) is 36.3 Å². The molecule has 256 valence electrons. The molecule has 0 aliphatic carbocycles. The van der Waals surface area contributed by atoms with E-state index in [0.717, 1.165) is 21.6 Å². The van der Waals surface area contributed by atoms with E-state index in [1.54, 1.807) is 4.53 Å². The molecule has 0 N–H and O–H groups in total. The highest BCUT2D eigenvalue weighted by Gasteiger charge is 2.44. The Labute approximate surface area is 303 Å². The van der Waals surface area contributed by atoms with Crippen LogP contribution in [0.5, 0.6) is 0 Å². The minimum Gasteiger partial charge on any atom is -0.378 e. The Morgan fingerprint density at radius 2 is 1.21 bits per heavy atom. The fourth-order valence-corrected chi connectivity index (χ4v) is 14.5. The van der Waals surface area contributed by atoms with Gasteiger partial charge in [-0.3, -0.25) is 0 Å². The van der Waals surface area contributed by atoms with E-state index in [9.17, 15) is 0 Å². The van der Waals surface area contributed by atoms with Gasteiger partial charge in [-0.1, -0.05) is 123 Å². The summed E-state index contributed by atoms with van der Waals surface area (Å²) in [6.45, 7) is 33.8. The lowest BCUT2D eigenvalue weighted by atomic mass is 9.91. The van der Waals surface area contributed by atoms with Crippen LogP contribution >= 0.6 is 23.1 Å². The molecule has 0 saturated carbocycles. The molecule has 4 rings (SSSR count). The van der Waals surface area contributed by atoms with E-state index < -0.39 is 16.1 Å². The van der Waals surface area contributed by atoms with Crippen LogP contribution in [0.25, 0.3) is 11.1 Å². The molecule has 2 atom stereocenters. The minimum atomic E-state index is -1.79.